The van der Waals surface area contributed by atoms with Crippen LogP contribution in [0.15, 0.2) is 47.1 Å². The standard InChI is InChI=1S/C28H36N4O2S/c1-20-7-9-21(10-8-20)14-24-29-26(35-30-24)31(17-23-6-5-13-34-23)12-11-25(33)32-19-28(4)16-22(32)15-27(2,3)18-28/h5-10,13,22H,11-12,14-19H2,1-4H3. The van der Waals surface area contributed by atoms with Crippen LogP contribution in [0.1, 0.15) is 69.2 Å². The maximum atomic E-state index is 13.4. The molecule has 1 amide bonds. The molecule has 2 aliphatic rings. The van der Waals surface area contributed by atoms with Crippen LogP contribution in [-0.4, -0.2) is 39.3 Å². The van der Waals surface area contributed by atoms with Crippen LogP contribution < -0.4 is 4.90 Å². The van der Waals surface area contributed by atoms with Crippen molar-refractivity contribution < 1.29 is 9.21 Å². The van der Waals surface area contributed by atoms with Crippen molar-refractivity contribution >= 4 is 22.6 Å². The largest absolute Gasteiger partial charge is 0.467 e. The van der Waals surface area contributed by atoms with E-state index in [4.69, 9.17) is 9.40 Å². The first kappa shape index (κ1) is 24.0. The number of furan rings is 1. The van der Waals surface area contributed by atoms with E-state index in [2.05, 4.69) is 66.1 Å². The molecule has 35 heavy (non-hydrogen) atoms. The number of hydrogen-bond donors (Lipinski definition) is 0. The highest BCUT2D eigenvalue weighted by molar-refractivity contribution is 7.09. The molecule has 6 nitrogen and oxygen atoms in total. The monoisotopic (exact) mass is 492 g/mol. The SMILES string of the molecule is Cc1ccc(Cc2nsc(N(CCC(=O)N3CC4(C)CC3CC(C)(C)C4)Cc3ccco3)n2)cc1. The first-order valence-electron chi connectivity index (χ1n) is 12.6. The van der Waals surface area contributed by atoms with Crippen LogP contribution in [0.5, 0.6) is 0 Å². The van der Waals surface area contributed by atoms with E-state index in [1.165, 1.54) is 29.1 Å². The van der Waals surface area contributed by atoms with Crippen LogP contribution in [-0.2, 0) is 17.8 Å². The zero-order valence-electron chi connectivity index (χ0n) is 21.3. The van der Waals surface area contributed by atoms with Gasteiger partial charge in [-0.1, -0.05) is 50.6 Å². The van der Waals surface area contributed by atoms with Crippen molar-refractivity contribution in [3.8, 4) is 0 Å². The molecule has 2 unspecified atom stereocenters. The van der Waals surface area contributed by atoms with Crippen LogP contribution in [0.2, 0.25) is 0 Å². The molecule has 2 fully saturated rings. The van der Waals surface area contributed by atoms with Gasteiger partial charge in [-0.2, -0.15) is 4.37 Å². The number of rotatable bonds is 8. The number of anilines is 1. The molecule has 3 aromatic rings. The molecule has 2 bridgehead atoms. The first-order chi connectivity index (χ1) is 16.7. The van der Waals surface area contributed by atoms with Gasteiger partial charge in [0, 0.05) is 43.5 Å². The van der Waals surface area contributed by atoms with Gasteiger partial charge in [0.15, 0.2) is 0 Å². The second-order valence-corrected chi connectivity index (χ2v) is 12.4. The Labute approximate surface area is 212 Å². The highest BCUT2D eigenvalue weighted by Crippen LogP contribution is 2.52. The number of benzene rings is 1. The number of amides is 1. The number of carbonyl (C=O) groups is 1. The molecule has 1 aliphatic carbocycles. The smallest absolute Gasteiger partial charge is 0.224 e. The van der Waals surface area contributed by atoms with E-state index in [1.807, 2.05) is 12.1 Å². The lowest BCUT2D eigenvalue weighted by Crippen LogP contribution is -2.39. The lowest BCUT2D eigenvalue weighted by atomic mass is 9.65. The van der Waals surface area contributed by atoms with Crippen molar-refractivity contribution in [1.29, 1.82) is 0 Å². The van der Waals surface area contributed by atoms with Gasteiger partial charge < -0.3 is 14.2 Å². The predicted molar refractivity (Wildman–Crippen MR) is 140 cm³/mol. The van der Waals surface area contributed by atoms with E-state index in [1.54, 1.807) is 6.26 Å². The van der Waals surface area contributed by atoms with Gasteiger partial charge >= 0.3 is 0 Å². The zero-order valence-corrected chi connectivity index (χ0v) is 22.1. The van der Waals surface area contributed by atoms with Crippen molar-refractivity contribution in [2.75, 3.05) is 18.0 Å². The summed E-state index contributed by atoms with van der Waals surface area (Å²) in [6, 6.07) is 12.7. The molecule has 0 N–H and O–H groups in total. The summed E-state index contributed by atoms with van der Waals surface area (Å²) in [5.41, 5.74) is 3.00. The van der Waals surface area contributed by atoms with Crippen LogP contribution >= 0.6 is 11.5 Å². The van der Waals surface area contributed by atoms with Crippen molar-refractivity contribution in [2.45, 2.75) is 72.4 Å². The fourth-order valence-electron chi connectivity index (χ4n) is 6.29. The average Bonchev–Trinajstić information content (AvgIpc) is 3.51. The quantitative estimate of drug-likeness (QED) is 0.394. The minimum Gasteiger partial charge on any atom is -0.467 e. The minimum absolute atomic E-state index is 0.250. The molecule has 0 spiro atoms. The van der Waals surface area contributed by atoms with E-state index in [0.717, 1.165) is 36.1 Å². The predicted octanol–water partition coefficient (Wildman–Crippen LogP) is 5.85. The number of aromatic nitrogens is 2. The maximum absolute atomic E-state index is 13.4. The topological polar surface area (TPSA) is 62.5 Å². The number of fused-ring (bicyclic) bond motifs is 2. The van der Waals surface area contributed by atoms with E-state index >= 15 is 0 Å². The summed E-state index contributed by atoms with van der Waals surface area (Å²) >= 11 is 1.40. The van der Waals surface area contributed by atoms with Crippen LogP contribution in [0.25, 0.3) is 0 Å². The normalized spacial score (nSPS) is 23.0. The summed E-state index contributed by atoms with van der Waals surface area (Å²) in [6.45, 7) is 11.2. The molecular formula is C28H36N4O2S. The van der Waals surface area contributed by atoms with Gasteiger partial charge in [-0.3, -0.25) is 4.79 Å². The number of carbonyl (C=O) groups excluding carboxylic acids is 1. The van der Waals surface area contributed by atoms with Gasteiger partial charge in [-0.15, -0.1) is 0 Å². The van der Waals surface area contributed by atoms with Gasteiger partial charge in [0.05, 0.1) is 12.8 Å². The summed E-state index contributed by atoms with van der Waals surface area (Å²) in [5.74, 6) is 1.93. The van der Waals surface area contributed by atoms with Gasteiger partial charge in [0.1, 0.15) is 11.6 Å². The average molecular weight is 493 g/mol. The Hall–Kier alpha value is -2.67. The molecule has 2 aromatic heterocycles. The van der Waals surface area contributed by atoms with Crippen molar-refractivity contribution in [3.05, 3.63) is 65.4 Å². The molecule has 5 rings (SSSR count). The van der Waals surface area contributed by atoms with E-state index in [9.17, 15) is 4.79 Å². The third-order valence-electron chi connectivity index (χ3n) is 7.47. The lowest BCUT2D eigenvalue weighted by Gasteiger charge is -2.39. The number of likely N-dealkylation sites (tertiary alicyclic amines) is 1. The van der Waals surface area contributed by atoms with E-state index in [0.29, 0.717) is 37.4 Å². The summed E-state index contributed by atoms with van der Waals surface area (Å²) < 4.78 is 10.2. The number of nitrogens with zero attached hydrogens (tertiary/aromatic N) is 4. The highest BCUT2D eigenvalue weighted by atomic mass is 32.1. The Kier molecular flexibility index (Phi) is 6.47. The third kappa shape index (κ3) is 5.61. The number of aryl methyl sites for hydroxylation is 1. The summed E-state index contributed by atoms with van der Waals surface area (Å²) in [4.78, 5) is 22.5. The van der Waals surface area contributed by atoms with Gasteiger partial charge in [0.25, 0.3) is 0 Å². The second kappa shape index (κ2) is 9.41. The van der Waals surface area contributed by atoms with E-state index in [-0.39, 0.29) is 11.3 Å². The van der Waals surface area contributed by atoms with Gasteiger partial charge in [-0.05, 0) is 54.7 Å². The Bertz CT molecular complexity index is 1150. The van der Waals surface area contributed by atoms with Crippen molar-refractivity contribution in [1.82, 2.24) is 14.3 Å². The first-order valence-corrected chi connectivity index (χ1v) is 13.4. The Morgan fingerprint density at radius 2 is 2.00 bits per heavy atom. The summed E-state index contributed by atoms with van der Waals surface area (Å²) in [7, 11) is 0. The van der Waals surface area contributed by atoms with Crippen molar-refractivity contribution in [3.63, 3.8) is 0 Å². The second-order valence-electron chi connectivity index (χ2n) is 11.6. The molecule has 186 valence electrons. The minimum atomic E-state index is 0.250. The van der Waals surface area contributed by atoms with Crippen LogP contribution in [0.4, 0.5) is 5.13 Å². The molecule has 1 aromatic carbocycles. The summed E-state index contributed by atoms with van der Waals surface area (Å²) in [6.07, 6.45) is 6.29. The van der Waals surface area contributed by atoms with Crippen molar-refractivity contribution in [2.24, 2.45) is 10.8 Å². The fraction of sp³-hybridized carbons (Fsp3) is 0.536. The van der Waals surface area contributed by atoms with Crippen LogP contribution in [0, 0.1) is 17.8 Å². The molecular weight excluding hydrogens is 456 g/mol. The zero-order chi connectivity index (χ0) is 24.6. The molecule has 2 atom stereocenters. The van der Waals surface area contributed by atoms with Gasteiger partial charge in [-0.25, -0.2) is 4.98 Å². The molecule has 0 radical (unpaired) electrons. The highest BCUT2D eigenvalue weighted by Gasteiger charge is 2.50. The van der Waals surface area contributed by atoms with Gasteiger partial charge in [0.2, 0.25) is 11.0 Å². The maximum Gasteiger partial charge on any atom is 0.224 e. The fourth-order valence-corrected chi connectivity index (χ4v) is 7.00. The number of hydrogen-bond acceptors (Lipinski definition) is 6. The Morgan fingerprint density at radius 3 is 2.74 bits per heavy atom. The van der Waals surface area contributed by atoms with Crippen LogP contribution in [0.3, 0.4) is 0 Å². The Morgan fingerprint density at radius 1 is 1.20 bits per heavy atom. The molecule has 7 heteroatoms. The Balaban J connectivity index is 1.27. The molecule has 1 saturated carbocycles. The molecule has 1 aliphatic heterocycles. The summed E-state index contributed by atoms with van der Waals surface area (Å²) in [5, 5.41) is 0.838. The van der Waals surface area contributed by atoms with E-state index < -0.39 is 0 Å². The molecule has 3 heterocycles. The lowest BCUT2D eigenvalue weighted by molar-refractivity contribution is -0.132. The molecule has 1 saturated heterocycles. The third-order valence-corrected chi connectivity index (χ3v) is 8.28.